The van der Waals surface area contributed by atoms with Crippen LogP contribution in [0.2, 0.25) is 0 Å². The second kappa shape index (κ2) is 5.18. The van der Waals surface area contributed by atoms with Gasteiger partial charge in [-0.3, -0.25) is 0 Å². The maximum Gasteiger partial charge on any atom is 0.0649 e. The van der Waals surface area contributed by atoms with E-state index < -0.39 is 0 Å². The number of hydrogen-bond acceptors (Lipinski definition) is 3. The Bertz CT molecular complexity index is 414. The van der Waals surface area contributed by atoms with Crippen molar-refractivity contribution in [3.8, 4) is 0 Å². The summed E-state index contributed by atoms with van der Waals surface area (Å²) in [6.45, 7) is 7.19. The van der Waals surface area contributed by atoms with E-state index in [4.69, 9.17) is 0 Å². The van der Waals surface area contributed by atoms with E-state index in [0.717, 1.165) is 23.1 Å². The molecule has 0 bridgehead atoms. The van der Waals surface area contributed by atoms with E-state index in [9.17, 15) is 0 Å². The molecule has 0 aromatic carbocycles. The molecule has 1 fully saturated rings. The Hall–Kier alpha value is 0.0100. The van der Waals surface area contributed by atoms with Gasteiger partial charge < -0.3 is 5.32 Å². The van der Waals surface area contributed by atoms with Crippen molar-refractivity contribution in [1.82, 2.24) is 5.32 Å². The van der Waals surface area contributed by atoms with Gasteiger partial charge >= 0.3 is 0 Å². The highest BCUT2D eigenvalue weighted by Gasteiger charge is 2.34. The van der Waals surface area contributed by atoms with Gasteiger partial charge in [0.15, 0.2) is 0 Å². The Morgan fingerprint density at radius 1 is 1.22 bits per heavy atom. The van der Waals surface area contributed by atoms with Crippen LogP contribution >= 0.6 is 23.1 Å². The van der Waals surface area contributed by atoms with Gasteiger partial charge in [-0.05, 0) is 48.1 Å². The monoisotopic (exact) mass is 281 g/mol. The maximum absolute atomic E-state index is 3.96. The third kappa shape index (κ3) is 2.37. The van der Waals surface area contributed by atoms with Crippen LogP contribution in [0.3, 0.4) is 0 Å². The molecule has 2 aliphatic rings. The largest absolute Gasteiger partial charge is 0.307 e. The maximum atomic E-state index is 3.96. The zero-order valence-electron chi connectivity index (χ0n) is 11.5. The van der Waals surface area contributed by atoms with Crippen molar-refractivity contribution in [2.75, 3.05) is 0 Å². The van der Waals surface area contributed by atoms with Gasteiger partial charge in [-0.1, -0.05) is 20.8 Å². The zero-order chi connectivity index (χ0) is 12.7. The Balaban J connectivity index is 1.74. The lowest BCUT2D eigenvalue weighted by Crippen LogP contribution is -2.37. The molecule has 1 aliphatic heterocycles. The number of rotatable bonds is 2. The topological polar surface area (TPSA) is 12.0 Å². The van der Waals surface area contributed by atoms with Crippen LogP contribution in [-0.2, 0) is 0 Å². The highest BCUT2D eigenvalue weighted by atomic mass is 32.2. The summed E-state index contributed by atoms with van der Waals surface area (Å²) < 4.78 is 1.55. The summed E-state index contributed by atoms with van der Waals surface area (Å²) in [6.07, 6.45) is 4.04. The van der Waals surface area contributed by atoms with Crippen molar-refractivity contribution >= 4 is 23.1 Å². The number of fused-ring (bicyclic) bond motifs is 1. The lowest BCUT2D eigenvalue weighted by Gasteiger charge is -2.32. The Morgan fingerprint density at radius 2 is 2.06 bits per heavy atom. The van der Waals surface area contributed by atoms with Gasteiger partial charge in [0, 0.05) is 17.3 Å². The smallest absolute Gasteiger partial charge is 0.0649 e. The fourth-order valence-electron chi connectivity index (χ4n) is 3.37. The van der Waals surface area contributed by atoms with Gasteiger partial charge in [-0.15, -0.1) is 23.1 Å². The third-order valence-corrected chi connectivity index (χ3v) is 7.13. The van der Waals surface area contributed by atoms with E-state index in [1.54, 1.807) is 9.77 Å². The summed E-state index contributed by atoms with van der Waals surface area (Å²) >= 11 is 3.98. The molecule has 3 rings (SSSR count). The van der Waals surface area contributed by atoms with Crippen molar-refractivity contribution in [1.29, 1.82) is 0 Å². The standard InChI is InChI=1S/C15H23NS2/c1-9-4-5-13(11(9)3)16-14-8-10(2)18-15-12(14)6-7-17-15/h6-7,9-11,13-14,16H,4-5,8H2,1-3H3/t9?,10-,11?,13?,14?/m0/s1. The number of nitrogens with one attached hydrogen (secondary N) is 1. The molecule has 1 aromatic heterocycles. The average Bonchev–Trinajstić information content (AvgIpc) is 2.90. The summed E-state index contributed by atoms with van der Waals surface area (Å²) in [5, 5.41) is 6.97. The normalized spacial score (nSPS) is 39.8. The summed E-state index contributed by atoms with van der Waals surface area (Å²) in [7, 11) is 0. The molecule has 3 heteroatoms. The fraction of sp³-hybridized carbons (Fsp3) is 0.733. The first kappa shape index (κ1) is 13.0. The van der Waals surface area contributed by atoms with Crippen LogP contribution in [0.4, 0.5) is 0 Å². The van der Waals surface area contributed by atoms with Crippen molar-refractivity contribution in [3.63, 3.8) is 0 Å². The Morgan fingerprint density at radius 3 is 2.78 bits per heavy atom. The van der Waals surface area contributed by atoms with Crippen LogP contribution in [-0.4, -0.2) is 11.3 Å². The molecule has 1 aliphatic carbocycles. The molecule has 0 spiro atoms. The zero-order valence-corrected chi connectivity index (χ0v) is 13.1. The SMILES string of the molecule is CC1CCC(NC2C[C@H](C)Sc3sccc32)C1C. The van der Waals surface area contributed by atoms with Crippen LogP contribution in [0.5, 0.6) is 0 Å². The molecule has 100 valence electrons. The van der Waals surface area contributed by atoms with E-state index in [1.807, 2.05) is 11.3 Å². The first-order valence-corrected chi connectivity index (χ1v) is 8.91. The molecule has 18 heavy (non-hydrogen) atoms. The molecule has 1 aromatic rings. The van der Waals surface area contributed by atoms with Gasteiger partial charge in [0.25, 0.3) is 0 Å². The van der Waals surface area contributed by atoms with Crippen LogP contribution in [0.15, 0.2) is 15.7 Å². The molecule has 5 atom stereocenters. The van der Waals surface area contributed by atoms with Gasteiger partial charge in [0.2, 0.25) is 0 Å². The molecule has 1 nitrogen and oxygen atoms in total. The Kier molecular flexibility index (Phi) is 3.75. The first-order valence-electron chi connectivity index (χ1n) is 7.15. The highest BCUT2D eigenvalue weighted by molar-refractivity contribution is 8.01. The predicted molar refractivity (Wildman–Crippen MR) is 81.5 cm³/mol. The van der Waals surface area contributed by atoms with Gasteiger partial charge in [-0.25, -0.2) is 0 Å². The van der Waals surface area contributed by atoms with Crippen molar-refractivity contribution < 1.29 is 0 Å². The molecule has 2 heterocycles. The molecule has 1 N–H and O–H groups in total. The molecule has 4 unspecified atom stereocenters. The van der Waals surface area contributed by atoms with Crippen LogP contribution in [0.25, 0.3) is 0 Å². The summed E-state index contributed by atoms with van der Waals surface area (Å²) in [5.41, 5.74) is 1.56. The first-order chi connectivity index (χ1) is 8.65. The van der Waals surface area contributed by atoms with Crippen LogP contribution in [0.1, 0.15) is 51.6 Å². The second-order valence-corrected chi connectivity index (χ2v) is 8.69. The molecular weight excluding hydrogens is 258 g/mol. The molecule has 0 amide bonds. The van der Waals surface area contributed by atoms with Crippen molar-refractivity contribution in [3.05, 3.63) is 17.0 Å². The lowest BCUT2D eigenvalue weighted by atomic mass is 9.95. The summed E-state index contributed by atoms with van der Waals surface area (Å²) in [4.78, 5) is 0. The van der Waals surface area contributed by atoms with Crippen molar-refractivity contribution in [2.24, 2.45) is 11.8 Å². The van der Waals surface area contributed by atoms with Crippen molar-refractivity contribution in [2.45, 2.75) is 61.6 Å². The lowest BCUT2D eigenvalue weighted by molar-refractivity contribution is 0.328. The van der Waals surface area contributed by atoms with Crippen LogP contribution < -0.4 is 5.32 Å². The minimum absolute atomic E-state index is 0.597. The minimum Gasteiger partial charge on any atom is -0.307 e. The fourth-order valence-corrected chi connectivity index (χ4v) is 5.93. The van der Waals surface area contributed by atoms with Gasteiger partial charge in [0.1, 0.15) is 0 Å². The highest BCUT2D eigenvalue weighted by Crippen LogP contribution is 2.45. The summed E-state index contributed by atoms with van der Waals surface area (Å²) in [5.74, 6) is 1.72. The van der Waals surface area contributed by atoms with Crippen LogP contribution in [0, 0.1) is 11.8 Å². The Labute approximate surface area is 119 Å². The molecule has 1 saturated carbocycles. The molecular formula is C15H23NS2. The average molecular weight is 281 g/mol. The van der Waals surface area contributed by atoms with E-state index >= 15 is 0 Å². The number of thioether (sulfide) groups is 1. The second-order valence-electron chi connectivity index (χ2n) is 6.07. The van der Waals surface area contributed by atoms with Gasteiger partial charge in [0.05, 0.1) is 4.21 Å². The third-order valence-electron chi connectivity index (χ3n) is 4.79. The van der Waals surface area contributed by atoms with E-state index in [1.165, 1.54) is 19.3 Å². The van der Waals surface area contributed by atoms with E-state index in [0.29, 0.717) is 6.04 Å². The van der Waals surface area contributed by atoms with Gasteiger partial charge in [-0.2, -0.15) is 0 Å². The quantitative estimate of drug-likeness (QED) is 0.843. The summed E-state index contributed by atoms with van der Waals surface area (Å²) in [6, 6.07) is 3.66. The molecule has 0 saturated heterocycles. The van der Waals surface area contributed by atoms with E-state index in [-0.39, 0.29) is 0 Å². The van der Waals surface area contributed by atoms with E-state index in [2.05, 4.69) is 49.3 Å². The predicted octanol–water partition coefficient (Wildman–Crippen LogP) is 4.70. The number of thiophene rings is 1. The number of hydrogen-bond donors (Lipinski definition) is 1. The molecule has 0 radical (unpaired) electrons. The minimum atomic E-state index is 0.597.